The number of aliphatic hydroxyl groups is 1. The fraction of sp³-hybridized carbons (Fsp3) is 0.269. The number of phenolic OH excluding ortho intramolecular Hbond substituents is 1. The van der Waals surface area contributed by atoms with Crippen molar-refractivity contribution in [3.05, 3.63) is 90.0 Å². The molecule has 0 aliphatic heterocycles. The third kappa shape index (κ3) is 6.41. The number of anilines is 2. The number of methoxy groups -OCH3 is 1. The molecule has 192 valence electrons. The first-order valence-electron chi connectivity index (χ1n) is 11.3. The Hall–Kier alpha value is -3.44. The quantitative estimate of drug-likeness (QED) is 0.249. The molecule has 0 aromatic heterocycles. The Bertz CT molecular complexity index is 1270. The maximum Gasteiger partial charge on any atom is 0.252 e. The van der Waals surface area contributed by atoms with E-state index in [4.69, 9.17) is 4.74 Å². The minimum absolute atomic E-state index is 0.0598. The molecule has 0 saturated heterocycles. The van der Waals surface area contributed by atoms with Gasteiger partial charge in [-0.1, -0.05) is 54.6 Å². The number of para-hydroxylation sites is 1. The van der Waals surface area contributed by atoms with E-state index >= 15 is 0 Å². The molecule has 1 amide bonds. The minimum atomic E-state index is -3.65. The fourth-order valence-corrected chi connectivity index (χ4v) is 4.49. The van der Waals surface area contributed by atoms with E-state index in [2.05, 4.69) is 15.4 Å². The Balaban J connectivity index is 1.96. The van der Waals surface area contributed by atoms with Crippen molar-refractivity contribution in [1.29, 1.82) is 0 Å². The second-order valence-corrected chi connectivity index (χ2v) is 10.2. The van der Waals surface area contributed by atoms with Crippen molar-refractivity contribution < 1.29 is 28.2 Å². The van der Waals surface area contributed by atoms with Gasteiger partial charge >= 0.3 is 0 Å². The van der Waals surface area contributed by atoms with Crippen LogP contribution in [0.5, 0.6) is 5.75 Å². The highest BCUT2D eigenvalue weighted by molar-refractivity contribution is 7.92. The molecule has 0 aliphatic carbocycles. The summed E-state index contributed by atoms with van der Waals surface area (Å²) in [4.78, 5) is 13.8. The van der Waals surface area contributed by atoms with Gasteiger partial charge in [-0.2, -0.15) is 0 Å². The number of hydrogen-bond donors (Lipinski definition) is 5. The maximum atomic E-state index is 13.8. The number of hydrogen-bond acceptors (Lipinski definition) is 7. The number of phenols is 1. The molecule has 3 aromatic carbocycles. The summed E-state index contributed by atoms with van der Waals surface area (Å²) < 4.78 is 31.1. The van der Waals surface area contributed by atoms with E-state index in [0.29, 0.717) is 16.8 Å². The van der Waals surface area contributed by atoms with Crippen molar-refractivity contribution in [2.45, 2.75) is 24.7 Å². The van der Waals surface area contributed by atoms with Crippen LogP contribution in [0.15, 0.2) is 78.9 Å². The number of sulfonamides is 1. The van der Waals surface area contributed by atoms with Crippen LogP contribution in [0.2, 0.25) is 0 Å². The second-order valence-electron chi connectivity index (χ2n) is 8.42. The van der Waals surface area contributed by atoms with Crippen LogP contribution < -0.4 is 15.4 Å². The summed E-state index contributed by atoms with van der Waals surface area (Å²) in [5.41, 5.74) is 0.114. The Kier molecular flexibility index (Phi) is 8.70. The third-order valence-corrected chi connectivity index (χ3v) is 6.45. The van der Waals surface area contributed by atoms with Crippen molar-refractivity contribution in [2.75, 3.05) is 29.9 Å². The predicted octanol–water partition coefficient (Wildman–Crippen LogP) is 2.96. The zero-order valence-electron chi connectivity index (χ0n) is 20.3. The molecular formula is C26H31N3O6S. The molecule has 3 rings (SSSR count). The van der Waals surface area contributed by atoms with Gasteiger partial charge in [-0.15, -0.1) is 0 Å². The molecule has 5 N–H and O–H groups in total. The average Bonchev–Trinajstić information content (AvgIpc) is 2.85. The Morgan fingerprint density at radius 3 is 2.22 bits per heavy atom. The van der Waals surface area contributed by atoms with Crippen molar-refractivity contribution in [2.24, 2.45) is 0 Å². The lowest BCUT2D eigenvalue weighted by molar-refractivity contribution is -0.129. The molecule has 0 spiro atoms. The van der Waals surface area contributed by atoms with Gasteiger partial charge in [0.2, 0.25) is 10.0 Å². The van der Waals surface area contributed by atoms with Crippen molar-refractivity contribution >= 4 is 27.3 Å². The smallest absolute Gasteiger partial charge is 0.252 e. The lowest BCUT2D eigenvalue weighted by Gasteiger charge is -2.39. The van der Waals surface area contributed by atoms with Crippen LogP contribution in [-0.2, 0) is 25.1 Å². The van der Waals surface area contributed by atoms with Crippen molar-refractivity contribution in [1.82, 2.24) is 5.32 Å². The molecule has 0 saturated carbocycles. The highest BCUT2D eigenvalue weighted by Crippen LogP contribution is 2.32. The van der Waals surface area contributed by atoms with E-state index in [1.165, 1.54) is 25.3 Å². The van der Waals surface area contributed by atoms with E-state index in [-0.39, 0.29) is 23.9 Å². The molecule has 3 atom stereocenters. The normalized spacial score (nSPS) is 14.9. The van der Waals surface area contributed by atoms with E-state index in [1.54, 1.807) is 31.2 Å². The number of carbonyl (C=O) groups is 1. The van der Waals surface area contributed by atoms with Gasteiger partial charge in [-0.3, -0.25) is 14.8 Å². The van der Waals surface area contributed by atoms with Gasteiger partial charge in [-0.25, -0.2) is 8.42 Å². The molecule has 10 heteroatoms. The first-order chi connectivity index (χ1) is 17.1. The molecule has 0 aliphatic rings. The molecule has 9 nitrogen and oxygen atoms in total. The summed E-state index contributed by atoms with van der Waals surface area (Å²) in [5, 5.41) is 27.1. The molecule has 36 heavy (non-hydrogen) atoms. The summed E-state index contributed by atoms with van der Waals surface area (Å²) in [6.07, 6.45) is -0.844. The topological polar surface area (TPSA) is 137 Å². The summed E-state index contributed by atoms with van der Waals surface area (Å²) in [7, 11) is -2.15. The predicted molar refractivity (Wildman–Crippen MR) is 139 cm³/mol. The Morgan fingerprint density at radius 2 is 1.64 bits per heavy atom. The Morgan fingerprint density at radius 1 is 1.03 bits per heavy atom. The summed E-state index contributed by atoms with van der Waals surface area (Å²) in [6.45, 7) is 1.67. The number of aromatic hydroxyl groups is 1. The highest BCUT2D eigenvalue weighted by Gasteiger charge is 2.46. The number of benzene rings is 3. The number of carbonyl (C=O) groups excluding carboxylic acids is 1. The zero-order valence-corrected chi connectivity index (χ0v) is 21.1. The molecule has 0 fully saturated rings. The van der Waals surface area contributed by atoms with E-state index in [0.717, 1.165) is 6.26 Å². The number of ether oxygens (including phenoxy) is 1. The van der Waals surface area contributed by atoms with Crippen LogP contribution in [0.3, 0.4) is 0 Å². The van der Waals surface area contributed by atoms with Crippen LogP contribution in [0.1, 0.15) is 24.2 Å². The number of aliphatic hydroxyl groups excluding tert-OH is 1. The number of amides is 1. The molecule has 0 radical (unpaired) electrons. The molecular weight excluding hydrogens is 482 g/mol. The maximum absolute atomic E-state index is 13.8. The van der Waals surface area contributed by atoms with Gasteiger partial charge in [0.1, 0.15) is 11.3 Å². The third-order valence-electron chi connectivity index (χ3n) is 5.86. The second kappa shape index (κ2) is 11.5. The Labute approximate surface area is 211 Å². The number of rotatable bonds is 11. The van der Waals surface area contributed by atoms with Gasteiger partial charge < -0.3 is 20.3 Å². The highest BCUT2D eigenvalue weighted by atomic mass is 32.2. The SMILES string of the molecule is COC(C)C(NCC(O)c1ccc(O)c(NS(C)(=O)=O)c1)(C(=O)Nc1ccccc1)c1ccccc1. The van der Waals surface area contributed by atoms with Gasteiger partial charge in [0, 0.05) is 19.3 Å². The van der Waals surface area contributed by atoms with Crippen LogP contribution >= 0.6 is 0 Å². The fourth-order valence-electron chi connectivity index (χ4n) is 3.92. The van der Waals surface area contributed by atoms with E-state index in [1.807, 2.05) is 36.4 Å². The van der Waals surface area contributed by atoms with Crippen LogP contribution in [0.4, 0.5) is 11.4 Å². The first kappa shape index (κ1) is 27.2. The minimum Gasteiger partial charge on any atom is -0.506 e. The summed E-state index contributed by atoms with van der Waals surface area (Å²) in [6, 6.07) is 22.2. The zero-order chi connectivity index (χ0) is 26.3. The average molecular weight is 514 g/mol. The summed E-state index contributed by atoms with van der Waals surface area (Å²) >= 11 is 0. The van der Waals surface area contributed by atoms with E-state index in [9.17, 15) is 23.4 Å². The van der Waals surface area contributed by atoms with Crippen LogP contribution in [-0.4, -0.2) is 50.6 Å². The lowest BCUT2D eigenvalue weighted by Crippen LogP contribution is -2.60. The van der Waals surface area contributed by atoms with Gasteiger partial charge in [0.15, 0.2) is 0 Å². The molecule has 0 bridgehead atoms. The largest absolute Gasteiger partial charge is 0.506 e. The standard InChI is InChI=1S/C26H31N3O6S/c1-18(35-2)26(20-10-6-4-7-11-20,25(32)28-21-12-8-5-9-13-21)27-17-24(31)19-14-15-23(30)22(16-19)29-36(3,33)34/h4-16,18,24,27,29-31H,17H2,1-3H3,(H,28,32). The van der Waals surface area contributed by atoms with E-state index < -0.39 is 27.8 Å². The molecule has 0 heterocycles. The summed E-state index contributed by atoms with van der Waals surface area (Å²) in [5.74, 6) is -0.662. The first-order valence-corrected chi connectivity index (χ1v) is 13.1. The van der Waals surface area contributed by atoms with Gasteiger partial charge in [0.05, 0.1) is 24.2 Å². The monoisotopic (exact) mass is 513 g/mol. The molecule has 3 aromatic rings. The van der Waals surface area contributed by atoms with Gasteiger partial charge in [-0.05, 0) is 42.3 Å². The number of nitrogens with one attached hydrogen (secondary N) is 3. The lowest BCUT2D eigenvalue weighted by atomic mass is 9.83. The van der Waals surface area contributed by atoms with Crippen molar-refractivity contribution in [3.8, 4) is 5.75 Å². The van der Waals surface area contributed by atoms with Gasteiger partial charge in [0.25, 0.3) is 5.91 Å². The van der Waals surface area contributed by atoms with Crippen LogP contribution in [0.25, 0.3) is 0 Å². The van der Waals surface area contributed by atoms with Crippen LogP contribution in [0, 0.1) is 0 Å². The van der Waals surface area contributed by atoms with Crippen molar-refractivity contribution in [3.63, 3.8) is 0 Å². The molecule has 3 unspecified atom stereocenters.